The van der Waals surface area contributed by atoms with E-state index in [1.807, 2.05) is 68.4 Å². The minimum absolute atomic E-state index is 0.0439. The van der Waals surface area contributed by atoms with Crippen molar-refractivity contribution in [1.29, 1.82) is 0 Å². The van der Waals surface area contributed by atoms with Crippen LogP contribution in [-0.2, 0) is 14.8 Å². The second-order valence-electron chi connectivity index (χ2n) is 8.85. The standard InChI is InChI=1S/C28H32N2O4S/c1-3-34-25-13-15-26(16-14-25)35(32,33)30-19-17-24(18-20-30)28(31)29-27(22-7-5-4-6-8-22)23-11-9-21(2)10-12-23/h4-16,24,27H,3,17-20H2,1-2H3,(H,29,31). The van der Waals surface area contributed by atoms with Gasteiger partial charge >= 0.3 is 0 Å². The highest BCUT2D eigenvalue weighted by Gasteiger charge is 2.33. The van der Waals surface area contributed by atoms with E-state index in [1.165, 1.54) is 4.31 Å². The van der Waals surface area contributed by atoms with Crippen LogP contribution in [0.2, 0.25) is 0 Å². The lowest BCUT2D eigenvalue weighted by atomic mass is 9.94. The number of amides is 1. The van der Waals surface area contributed by atoms with Crippen molar-refractivity contribution in [3.8, 4) is 5.75 Å². The Labute approximate surface area is 208 Å². The molecule has 1 fully saturated rings. The zero-order valence-corrected chi connectivity index (χ0v) is 21.0. The molecule has 1 unspecified atom stereocenters. The fraction of sp³-hybridized carbons (Fsp3) is 0.321. The number of sulfonamides is 1. The Bertz CT molecular complexity index is 1220. The van der Waals surface area contributed by atoms with E-state index in [0.717, 1.165) is 16.7 Å². The highest BCUT2D eigenvalue weighted by Crippen LogP contribution is 2.28. The molecule has 7 heteroatoms. The molecule has 6 nitrogen and oxygen atoms in total. The van der Waals surface area contributed by atoms with Gasteiger partial charge in [0, 0.05) is 19.0 Å². The number of carbonyl (C=O) groups excluding carboxylic acids is 1. The molecule has 0 aromatic heterocycles. The largest absolute Gasteiger partial charge is 0.494 e. The minimum atomic E-state index is -3.61. The fourth-order valence-electron chi connectivity index (χ4n) is 4.41. The van der Waals surface area contributed by atoms with Crippen LogP contribution in [-0.4, -0.2) is 38.3 Å². The zero-order chi connectivity index (χ0) is 24.8. The lowest BCUT2D eigenvalue weighted by Crippen LogP contribution is -2.43. The van der Waals surface area contributed by atoms with E-state index in [4.69, 9.17) is 4.74 Å². The van der Waals surface area contributed by atoms with Gasteiger partial charge in [-0.1, -0.05) is 60.2 Å². The Morgan fingerprint density at radius 1 is 0.943 bits per heavy atom. The van der Waals surface area contributed by atoms with Gasteiger partial charge in [0.05, 0.1) is 17.5 Å². The number of aryl methyl sites for hydroxylation is 1. The summed E-state index contributed by atoms with van der Waals surface area (Å²) < 4.78 is 33.1. The van der Waals surface area contributed by atoms with Crippen molar-refractivity contribution in [3.63, 3.8) is 0 Å². The first-order valence-corrected chi connectivity index (χ1v) is 13.5. The minimum Gasteiger partial charge on any atom is -0.494 e. The molecule has 1 N–H and O–H groups in total. The first-order valence-electron chi connectivity index (χ1n) is 12.0. The highest BCUT2D eigenvalue weighted by atomic mass is 32.2. The van der Waals surface area contributed by atoms with Gasteiger partial charge in [0.25, 0.3) is 0 Å². The van der Waals surface area contributed by atoms with Gasteiger partial charge in [-0.3, -0.25) is 4.79 Å². The summed E-state index contributed by atoms with van der Waals surface area (Å²) >= 11 is 0. The average molecular weight is 493 g/mol. The number of rotatable bonds is 8. The summed E-state index contributed by atoms with van der Waals surface area (Å²) in [6.07, 6.45) is 0.967. The number of piperidine rings is 1. The zero-order valence-electron chi connectivity index (χ0n) is 20.2. The van der Waals surface area contributed by atoms with Crippen molar-refractivity contribution in [3.05, 3.63) is 95.6 Å². The summed E-state index contributed by atoms with van der Waals surface area (Å²) in [4.78, 5) is 13.5. The summed E-state index contributed by atoms with van der Waals surface area (Å²) in [6.45, 7) is 5.07. The Hall–Kier alpha value is -3.16. The SMILES string of the molecule is CCOc1ccc(S(=O)(=O)N2CCC(C(=O)NC(c3ccccc3)c3ccc(C)cc3)CC2)cc1. The Balaban J connectivity index is 1.42. The van der Waals surface area contributed by atoms with Gasteiger partial charge in [-0.2, -0.15) is 4.31 Å². The molecule has 0 spiro atoms. The predicted molar refractivity (Wildman–Crippen MR) is 137 cm³/mol. The van der Waals surface area contributed by atoms with E-state index in [0.29, 0.717) is 38.3 Å². The van der Waals surface area contributed by atoms with E-state index in [1.54, 1.807) is 24.3 Å². The molecule has 1 saturated heterocycles. The lowest BCUT2D eigenvalue weighted by molar-refractivity contribution is -0.126. The van der Waals surface area contributed by atoms with Crippen molar-refractivity contribution in [2.24, 2.45) is 5.92 Å². The molecule has 35 heavy (non-hydrogen) atoms. The molecule has 1 aliphatic heterocycles. The number of benzene rings is 3. The highest BCUT2D eigenvalue weighted by molar-refractivity contribution is 7.89. The molecule has 4 rings (SSSR count). The van der Waals surface area contributed by atoms with Gasteiger partial charge < -0.3 is 10.1 Å². The molecule has 1 heterocycles. The Kier molecular flexibility index (Phi) is 7.88. The lowest BCUT2D eigenvalue weighted by Gasteiger charge is -2.31. The Morgan fingerprint density at radius 3 is 2.14 bits per heavy atom. The molecule has 0 bridgehead atoms. The third-order valence-electron chi connectivity index (χ3n) is 6.43. The summed E-state index contributed by atoms with van der Waals surface area (Å²) in [6, 6.07) is 24.3. The average Bonchev–Trinajstić information content (AvgIpc) is 2.89. The third kappa shape index (κ3) is 5.92. The van der Waals surface area contributed by atoms with E-state index >= 15 is 0 Å². The van der Waals surface area contributed by atoms with E-state index in [9.17, 15) is 13.2 Å². The summed E-state index contributed by atoms with van der Waals surface area (Å²) in [5.41, 5.74) is 3.19. The van der Waals surface area contributed by atoms with Crippen LogP contribution >= 0.6 is 0 Å². The van der Waals surface area contributed by atoms with Crippen LogP contribution < -0.4 is 10.1 Å². The number of hydrogen-bond acceptors (Lipinski definition) is 4. The van der Waals surface area contributed by atoms with Crippen LogP contribution in [0, 0.1) is 12.8 Å². The third-order valence-corrected chi connectivity index (χ3v) is 8.34. The smallest absolute Gasteiger partial charge is 0.243 e. The number of hydrogen-bond donors (Lipinski definition) is 1. The van der Waals surface area contributed by atoms with Gasteiger partial charge in [-0.25, -0.2) is 8.42 Å². The maximum atomic E-state index is 13.3. The first kappa shape index (κ1) is 24.9. The normalized spacial score (nSPS) is 15.9. The monoisotopic (exact) mass is 492 g/mol. The van der Waals surface area contributed by atoms with Crippen molar-refractivity contribution in [2.75, 3.05) is 19.7 Å². The van der Waals surface area contributed by atoms with Crippen LogP contribution in [0.5, 0.6) is 5.75 Å². The van der Waals surface area contributed by atoms with Crippen molar-refractivity contribution < 1.29 is 17.9 Å². The molecule has 1 aliphatic rings. The van der Waals surface area contributed by atoms with Crippen LogP contribution in [0.25, 0.3) is 0 Å². The molecule has 3 aromatic carbocycles. The molecular weight excluding hydrogens is 460 g/mol. The van der Waals surface area contributed by atoms with Crippen LogP contribution in [0.4, 0.5) is 0 Å². The molecule has 184 valence electrons. The topological polar surface area (TPSA) is 75.7 Å². The van der Waals surface area contributed by atoms with Gasteiger partial charge in [0.15, 0.2) is 0 Å². The number of carbonyl (C=O) groups is 1. The summed E-state index contributed by atoms with van der Waals surface area (Å²) in [7, 11) is -3.61. The van der Waals surface area contributed by atoms with E-state index in [2.05, 4.69) is 5.32 Å². The maximum absolute atomic E-state index is 13.3. The summed E-state index contributed by atoms with van der Waals surface area (Å²) in [5.74, 6) is 0.361. The molecular formula is C28H32N2O4S. The fourth-order valence-corrected chi connectivity index (χ4v) is 5.88. The molecule has 3 aromatic rings. The first-order chi connectivity index (χ1) is 16.9. The van der Waals surface area contributed by atoms with E-state index < -0.39 is 10.0 Å². The van der Waals surface area contributed by atoms with Gasteiger partial charge in [0.2, 0.25) is 15.9 Å². The van der Waals surface area contributed by atoms with Crippen molar-refractivity contribution in [1.82, 2.24) is 9.62 Å². The number of nitrogens with one attached hydrogen (secondary N) is 1. The molecule has 1 atom stereocenters. The van der Waals surface area contributed by atoms with Gasteiger partial charge in [0.1, 0.15) is 5.75 Å². The van der Waals surface area contributed by atoms with Gasteiger partial charge in [-0.15, -0.1) is 0 Å². The van der Waals surface area contributed by atoms with Crippen molar-refractivity contribution >= 4 is 15.9 Å². The maximum Gasteiger partial charge on any atom is 0.243 e. The molecule has 0 saturated carbocycles. The molecule has 1 amide bonds. The predicted octanol–water partition coefficient (Wildman–Crippen LogP) is 4.70. The van der Waals surface area contributed by atoms with Crippen molar-refractivity contribution in [2.45, 2.75) is 37.6 Å². The van der Waals surface area contributed by atoms with Gasteiger partial charge in [-0.05, 0) is 62.1 Å². The molecule has 0 aliphatic carbocycles. The van der Waals surface area contributed by atoms with E-state index in [-0.39, 0.29) is 22.8 Å². The number of ether oxygens (including phenoxy) is 1. The second kappa shape index (κ2) is 11.1. The van der Waals surface area contributed by atoms with Crippen LogP contribution in [0.3, 0.4) is 0 Å². The second-order valence-corrected chi connectivity index (χ2v) is 10.8. The Morgan fingerprint density at radius 2 is 1.54 bits per heavy atom. The van der Waals surface area contributed by atoms with Crippen LogP contribution in [0.1, 0.15) is 42.5 Å². The summed E-state index contributed by atoms with van der Waals surface area (Å²) in [5, 5.41) is 3.22. The van der Waals surface area contributed by atoms with Crippen LogP contribution in [0.15, 0.2) is 83.8 Å². The molecule has 0 radical (unpaired) electrons. The number of nitrogens with zero attached hydrogens (tertiary/aromatic N) is 1. The quantitative estimate of drug-likeness (QED) is 0.495.